The lowest BCUT2D eigenvalue weighted by Crippen LogP contribution is -2.17. The first-order valence-corrected chi connectivity index (χ1v) is 7.74. The van der Waals surface area contributed by atoms with Crippen molar-refractivity contribution in [3.63, 3.8) is 0 Å². The Labute approximate surface area is 127 Å². The summed E-state index contributed by atoms with van der Waals surface area (Å²) in [4.78, 5) is 9.73. The molecule has 92 valence electrons. The first kappa shape index (κ1) is 12.5. The average Bonchev–Trinajstić information content (AvgIpc) is 2.41. The van der Waals surface area contributed by atoms with Crippen LogP contribution in [0.5, 0.6) is 5.75 Å². The number of halogens is 2. The molecule has 2 heterocycles. The van der Waals surface area contributed by atoms with E-state index in [0.717, 1.165) is 20.0 Å². The molecule has 2 aromatic rings. The highest BCUT2D eigenvalue weighted by Gasteiger charge is 2.24. The normalized spacial score (nSPS) is 18.0. The molecule has 1 unspecified atom stereocenters. The van der Waals surface area contributed by atoms with Crippen molar-refractivity contribution in [1.82, 2.24) is 9.97 Å². The Bertz CT molecular complexity index is 596. The van der Waals surface area contributed by atoms with Crippen LogP contribution in [0.25, 0.3) is 0 Å². The van der Waals surface area contributed by atoms with Gasteiger partial charge in [0.05, 0.1) is 3.57 Å². The predicted octanol–water partition coefficient (Wildman–Crippen LogP) is 3.96. The fourth-order valence-electron chi connectivity index (χ4n) is 1.66. The third-order valence-corrected chi connectivity index (χ3v) is 5.03. The Kier molecular flexibility index (Phi) is 3.63. The molecule has 1 atom stereocenters. The number of benzene rings is 1. The lowest BCUT2D eigenvalue weighted by molar-refractivity contribution is 0.210. The van der Waals surface area contributed by atoms with Crippen LogP contribution in [0.1, 0.15) is 11.9 Å². The van der Waals surface area contributed by atoms with Crippen LogP contribution < -0.4 is 4.74 Å². The molecule has 6 heteroatoms. The highest BCUT2D eigenvalue weighted by atomic mass is 127. The van der Waals surface area contributed by atoms with Gasteiger partial charge in [0.25, 0.3) is 0 Å². The van der Waals surface area contributed by atoms with Gasteiger partial charge in [-0.1, -0.05) is 23.7 Å². The molecule has 1 aromatic carbocycles. The van der Waals surface area contributed by atoms with Crippen LogP contribution in [-0.4, -0.2) is 15.7 Å². The highest BCUT2D eigenvalue weighted by Crippen LogP contribution is 2.39. The number of fused-ring (bicyclic) bond motifs is 1. The Morgan fingerprint density at radius 1 is 1.39 bits per heavy atom. The van der Waals surface area contributed by atoms with Crippen molar-refractivity contribution < 1.29 is 4.74 Å². The molecule has 0 saturated carbocycles. The SMILES string of the molecule is Clc1nc(C2CSc3ccccc3O2)ncc1I. The number of hydrogen-bond acceptors (Lipinski definition) is 4. The first-order chi connectivity index (χ1) is 8.74. The fourth-order valence-corrected chi connectivity index (χ4v) is 3.04. The maximum Gasteiger partial charge on any atom is 0.171 e. The number of ether oxygens (including phenoxy) is 1. The van der Waals surface area contributed by atoms with E-state index >= 15 is 0 Å². The molecule has 0 amide bonds. The van der Waals surface area contributed by atoms with E-state index in [1.54, 1.807) is 18.0 Å². The number of hydrogen-bond donors (Lipinski definition) is 0. The number of para-hydroxylation sites is 1. The molecular formula is C12H8ClIN2OS. The Balaban J connectivity index is 1.89. The van der Waals surface area contributed by atoms with Crippen LogP contribution in [0.3, 0.4) is 0 Å². The zero-order valence-corrected chi connectivity index (χ0v) is 12.9. The number of aromatic nitrogens is 2. The Morgan fingerprint density at radius 3 is 3.06 bits per heavy atom. The van der Waals surface area contributed by atoms with Crippen LogP contribution in [0.15, 0.2) is 35.4 Å². The van der Waals surface area contributed by atoms with E-state index in [4.69, 9.17) is 16.3 Å². The third-order valence-electron chi connectivity index (χ3n) is 2.52. The van der Waals surface area contributed by atoms with E-state index in [2.05, 4.69) is 38.6 Å². The molecule has 1 aliphatic rings. The number of nitrogens with zero attached hydrogens (tertiary/aromatic N) is 2. The summed E-state index contributed by atoms with van der Waals surface area (Å²) in [5, 5.41) is 0.480. The minimum absolute atomic E-state index is 0.139. The summed E-state index contributed by atoms with van der Waals surface area (Å²) in [7, 11) is 0. The minimum atomic E-state index is -0.139. The summed E-state index contributed by atoms with van der Waals surface area (Å²) in [5.41, 5.74) is 0. The Morgan fingerprint density at radius 2 is 2.22 bits per heavy atom. The van der Waals surface area contributed by atoms with Gasteiger partial charge < -0.3 is 4.74 Å². The number of rotatable bonds is 1. The first-order valence-electron chi connectivity index (χ1n) is 5.30. The van der Waals surface area contributed by atoms with Crippen LogP contribution in [-0.2, 0) is 0 Å². The van der Waals surface area contributed by atoms with Gasteiger partial charge in [0, 0.05) is 16.8 Å². The summed E-state index contributed by atoms with van der Waals surface area (Å²) in [6.07, 6.45) is 1.58. The summed E-state index contributed by atoms with van der Waals surface area (Å²) >= 11 is 9.87. The second kappa shape index (κ2) is 5.22. The molecular weight excluding hydrogens is 383 g/mol. The molecule has 0 N–H and O–H groups in total. The molecule has 18 heavy (non-hydrogen) atoms. The summed E-state index contributed by atoms with van der Waals surface area (Å²) in [5.74, 6) is 2.33. The lowest BCUT2D eigenvalue weighted by atomic mass is 10.3. The van der Waals surface area contributed by atoms with E-state index in [1.807, 2.05) is 18.2 Å². The predicted molar refractivity (Wildman–Crippen MR) is 80.3 cm³/mol. The van der Waals surface area contributed by atoms with Crippen LogP contribution in [0, 0.1) is 3.57 Å². The zero-order valence-electron chi connectivity index (χ0n) is 9.14. The van der Waals surface area contributed by atoms with Gasteiger partial charge in [0.2, 0.25) is 0 Å². The van der Waals surface area contributed by atoms with E-state index in [0.29, 0.717) is 11.0 Å². The van der Waals surface area contributed by atoms with Gasteiger partial charge in [-0.25, -0.2) is 9.97 Å². The topological polar surface area (TPSA) is 35.0 Å². The summed E-state index contributed by atoms with van der Waals surface area (Å²) < 4.78 is 6.75. The molecule has 1 aromatic heterocycles. The van der Waals surface area contributed by atoms with E-state index < -0.39 is 0 Å². The van der Waals surface area contributed by atoms with Gasteiger partial charge in [-0.15, -0.1) is 11.8 Å². The van der Waals surface area contributed by atoms with E-state index in [-0.39, 0.29) is 6.10 Å². The van der Waals surface area contributed by atoms with Crippen LogP contribution >= 0.6 is 46.0 Å². The average molecular weight is 391 g/mol. The monoisotopic (exact) mass is 390 g/mol. The van der Waals surface area contributed by atoms with Gasteiger partial charge in [-0.2, -0.15) is 0 Å². The van der Waals surface area contributed by atoms with Crippen molar-refractivity contribution in [3.8, 4) is 5.75 Å². The van der Waals surface area contributed by atoms with Crippen molar-refractivity contribution in [2.24, 2.45) is 0 Å². The molecule has 0 aliphatic carbocycles. The molecule has 0 bridgehead atoms. The highest BCUT2D eigenvalue weighted by molar-refractivity contribution is 14.1. The third kappa shape index (κ3) is 2.44. The fraction of sp³-hybridized carbons (Fsp3) is 0.167. The van der Waals surface area contributed by atoms with Crippen LogP contribution in [0.4, 0.5) is 0 Å². The largest absolute Gasteiger partial charge is 0.480 e. The maximum absolute atomic E-state index is 6.01. The van der Waals surface area contributed by atoms with Crippen molar-refractivity contribution in [2.75, 3.05) is 5.75 Å². The molecule has 0 saturated heterocycles. The molecule has 1 aliphatic heterocycles. The van der Waals surface area contributed by atoms with E-state index in [1.165, 1.54) is 0 Å². The lowest BCUT2D eigenvalue weighted by Gasteiger charge is -2.24. The molecule has 3 nitrogen and oxygen atoms in total. The van der Waals surface area contributed by atoms with Gasteiger partial charge in [-0.05, 0) is 34.7 Å². The van der Waals surface area contributed by atoms with Gasteiger partial charge in [0.15, 0.2) is 11.9 Å². The summed E-state index contributed by atoms with van der Waals surface area (Å²) in [6, 6.07) is 7.98. The van der Waals surface area contributed by atoms with Crippen molar-refractivity contribution in [2.45, 2.75) is 11.0 Å². The maximum atomic E-state index is 6.01. The van der Waals surface area contributed by atoms with Crippen molar-refractivity contribution >= 4 is 46.0 Å². The van der Waals surface area contributed by atoms with Gasteiger partial charge in [-0.3, -0.25) is 0 Å². The smallest absolute Gasteiger partial charge is 0.171 e. The quantitative estimate of drug-likeness (QED) is 0.545. The molecule has 0 radical (unpaired) electrons. The van der Waals surface area contributed by atoms with Crippen molar-refractivity contribution in [3.05, 3.63) is 45.0 Å². The van der Waals surface area contributed by atoms with E-state index in [9.17, 15) is 0 Å². The van der Waals surface area contributed by atoms with Crippen molar-refractivity contribution in [1.29, 1.82) is 0 Å². The minimum Gasteiger partial charge on any atom is -0.480 e. The van der Waals surface area contributed by atoms with Gasteiger partial charge in [0.1, 0.15) is 10.9 Å². The molecule has 0 spiro atoms. The second-order valence-corrected chi connectivity index (χ2v) is 6.31. The Hall–Kier alpha value is -0.530. The number of thioether (sulfide) groups is 1. The van der Waals surface area contributed by atoms with Crippen LogP contribution in [0.2, 0.25) is 5.15 Å². The second-order valence-electron chi connectivity index (χ2n) is 3.73. The molecule has 3 rings (SSSR count). The van der Waals surface area contributed by atoms with Gasteiger partial charge >= 0.3 is 0 Å². The summed E-state index contributed by atoms with van der Waals surface area (Å²) in [6.45, 7) is 0. The molecule has 0 fully saturated rings. The standard InChI is InChI=1S/C12H8ClIN2OS/c13-11-7(14)5-15-12(16-11)9-6-18-10-4-2-1-3-8(10)17-9/h1-5,9H,6H2. The zero-order chi connectivity index (χ0) is 12.5.